The Morgan fingerprint density at radius 1 is 0.587 bits per heavy atom. The molecule has 109 heavy (non-hydrogen) atoms. The van der Waals surface area contributed by atoms with E-state index in [2.05, 4.69) is 21.3 Å². The zero-order valence-corrected chi connectivity index (χ0v) is 67.9. The zero-order valence-electron chi connectivity index (χ0n) is 67.1. The Balaban J connectivity index is 1.21. The second-order valence-electron chi connectivity index (χ2n) is 34.0. The molecule has 0 aromatic rings. The topological polar surface area (TPSA) is 291 Å². The van der Waals surface area contributed by atoms with Crippen LogP contribution in [-0.4, -0.2) is 289 Å². The van der Waals surface area contributed by atoms with Gasteiger partial charge in [0.1, 0.15) is 53.9 Å². The van der Waals surface area contributed by atoms with Crippen LogP contribution in [0.1, 0.15) is 214 Å². The third-order valence-electron chi connectivity index (χ3n) is 25.8. The maximum atomic E-state index is 16.1. The number of ether oxygens (including phenoxy) is 1. The molecular formula is C79H129ClF3N13O13. The highest BCUT2D eigenvalue weighted by atomic mass is 35.5. The van der Waals surface area contributed by atoms with Gasteiger partial charge in [-0.25, -0.2) is 0 Å². The summed E-state index contributed by atoms with van der Waals surface area (Å²) in [6, 6.07) is -9.86. The number of likely N-dealkylation sites (N-methyl/N-ethyl adjacent to an activating group) is 7. The number of alkyl halides is 4. The summed E-state index contributed by atoms with van der Waals surface area (Å²) in [5, 5.41) is 11.2. The van der Waals surface area contributed by atoms with Crippen molar-refractivity contribution in [3.63, 3.8) is 0 Å². The van der Waals surface area contributed by atoms with Crippen LogP contribution < -0.4 is 21.3 Å². The van der Waals surface area contributed by atoms with Crippen molar-refractivity contribution in [2.24, 2.45) is 41.4 Å². The molecule has 4 N–H and O–H groups in total. The van der Waals surface area contributed by atoms with Gasteiger partial charge in [-0.15, -0.1) is 11.6 Å². The van der Waals surface area contributed by atoms with Crippen LogP contribution in [0.3, 0.4) is 0 Å². The highest BCUT2D eigenvalue weighted by molar-refractivity contribution is 6.21. The number of hydrogen-bond acceptors (Lipinski definition) is 14. The highest BCUT2D eigenvalue weighted by Gasteiger charge is 2.53. The van der Waals surface area contributed by atoms with Gasteiger partial charge in [0.25, 0.3) is 0 Å². The molecule has 26 nitrogen and oxygen atoms in total. The van der Waals surface area contributed by atoms with Crippen LogP contribution in [0.25, 0.3) is 0 Å². The van der Waals surface area contributed by atoms with E-state index in [1.54, 1.807) is 26.0 Å². The second-order valence-corrected chi connectivity index (χ2v) is 34.5. The van der Waals surface area contributed by atoms with Crippen molar-refractivity contribution in [1.82, 2.24) is 65.4 Å². The lowest BCUT2D eigenvalue weighted by Gasteiger charge is -2.44. The van der Waals surface area contributed by atoms with Gasteiger partial charge in [-0.3, -0.25) is 57.5 Å². The van der Waals surface area contributed by atoms with Gasteiger partial charge < -0.3 is 70.1 Å². The third kappa shape index (κ3) is 22.3. The van der Waals surface area contributed by atoms with Crippen molar-refractivity contribution in [2.75, 3.05) is 102 Å². The van der Waals surface area contributed by atoms with Crippen molar-refractivity contribution >= 4 is 82.5 Å². The molecular weight excluding hydrogens is 1430 g/mol. The smallest absolute Gasteiger partial charge is 0.380 e. The average molecular weight is 1560 g/mol. The van der Waals surface area contributed by atoms with Gasteiger partial charge in [-0.1, -0.05) is 98.3 Å². The predicted octanol–water partition coefficient (Wildman–Crippen LogP) is 6.48. The summed E-state index contributed by atoms with van der Waals surface area (Å²) in [5.41, 5.74) is -1.63. The number of hydrogen-bond donors (Lipinski definition) is 4. The number of nitrogens with one attached hydrogen (secondary N) is 4. The van der Waals surface area contributed by atoms with Gasteiger partial charge in [-0.05, 0) is 151 Å². The number of halogens is 4. The molecule has 0 aromatic heterocycles. The Kier molecular flexibility index (Phi) is 32.3. The van der Waals surface area contributed by atoms with Gasteiger partial charge in [-0.2, -0.15) is 13.2 Å². The summed E-state index contributed by atoms with van der Waals surface area (Å²) in [4.78, 5) is 196. The van der Waals surface area contributed by atoms with Gasteiger partial charge >= 0.3 is 6.18 Å². The molecule has 0 radical (unpaired) electrons. The highest BCUT2D eigenvalue weighted by Crippen LogP contribution is 2.44. The molecule has 1 spiro atoms. The Morgan fingerprint density at radius 3 is 1.80 bits per heavy atom. The fourth-order valence-electron chi connectivity index (χ4n) is 18.5. The first kappa shape index (κ1) is 88.2. The molecule has 4 heterocycles. The third-order valence-corrected chi connectivity index (χ3v) is 26.3. The summed E-state index contributed by atoms with van der Waals surface area (Å²) < 4.78 is 48.4. The molecule has 4 saturated heterocycles. The largest absolute Gasteiger partial charge is 0.393 e. The first-order chi connectivity index (χ1) is 51.6. The molecule has 0 aromatic carbocycles. The predicted molar refractivity (Wildman–Crippen MR) is 405 cm³/mol. The van der Waals surface area contributed by atoms with Crippen molar-refractivity contribution in [3.05, 3.63) is 0 Å². The molecule has 30 heteroatoms. The first-order valence-electron chi connectivity index (χ1n) is 40.9. The zero-order chi connectivity index (χ0) is 79.9. The van der Waals surface area contributed by atoms with Gasteiger partial charge in [0.15, 0.2) is 0 Å². The minimum atomic E-state index is -4.53. The van der Waals surface area contributed by atoms with E-state index in [4.69, 9.17) is 16.3 Å². The molecule has 14 atom stereocenters. The van der Waals surface area contributed by atoms with Crippen LogP contribution in [0.5, 0.6) is 0 Å². The van der Waals surface area contributed by atoms with Crippen molar-refractivity contribution in [1.29, 1.82) is 0 Å². The number of rotatable bonds is 14. The number of amides is 12. The fourth-order valence-corrected chi connectivity index (χ4v) is 19.1. The summed E-state index contributed by atoms with van der Waals surface area (Å²) >= 11 is 6.49. The second kappa shape index (κ2) is 39.9. The monoisotopic (exact) mass is 1560 g/mol. The standard InChI is InChI=1S/C79H129ClF3N13O13/c1-13-50(4)67-75(106)89(6)48-66(99)96-38-33-59(96)73(104)92(9)62(42-51-25-17-14-18-26-51)72(103)88(5)47-64(97)85-58(32-30-52-29-31-56(57(80)41-52)79(81,82)83)71(102)91(8)61(43-53-40-55(109-12)46-84-45-53)70(101)87-78(34-21-22-35-78)77(108)94(11)68(54-27-19-15-20-28-54)76(107)93(10)63(74(105)95-36-23-16-24-37-95)44-65(98)90(7)60(39-49(2)3)69(100)86-67/h49-63,67-68,84H,13-48H2,1-12H3,(H,85,97)(H,86,100)(H,87,101)/t50-,52?,53?,55?,56?,57?,58-,59-,60-,61-,62-,63-,67-,68-/m0/s1. The average Bonchev–Trinajstić information content (AvgIpc) is 1.74. The number of carbonyl (C=O) groups excluding carboxylic acids is 12. The van der Waals surface area contributed by atoms with Crippen molar-refractivity contribution in [2.45, 2.75) is 285 Å². The van der Waals surface area contributed by atoms with E-state index < -0.39 is 179 Å². The summed E-state index contributed by atoms with van der Waals surface area (Å²) in [7, 11) is 11.8. The minimum Gasteiger partial charge on any atom is -0.380 e. The summed E-state index contributed by atoms with van der Waals surface area (Å²) in [6.45, 7) is 8.16. The van der Waals surface area contributed by atoms with E-state index in [-0.39, 0.29) is 101 Å². The van der Waals surface area contributed by atoms with Crippen molar-refractivity contribution in [3.8, 4) is 0 Å². The molecule has 12 amide bonds. The Labute approximate surface area is 649 Å². The Morgan fingerprint density at radius 2 is 1.20 bits per heavy atom. The minimum absolute atomic E-state index is 0.0204. The number of methoxy groups -OCH3 is 1. The van der Waals surface area contributed by atoms with E-state index in [0.717, 1.165) is 57.8 Å². The van der Waals surface area contributed by atoms with Crippen LogP contribution >= 0.6 is 11.6 Å². The number of fused-ring (bicyclic) bond motifs is 1. The number of likely N-dealkylation sites (tertiary alicyclic amines) is 1. The van der Waals surface area contributed by atoms with Gasteiger partial charge in [0, 0.05) is 88.0 Å². The summed E-state index contributed by atoms with van der Waals surface area (Å²) in [6.07, 6.45) is 7.50. The molecule has 0 bridgehead atoms. The lowest BCUT2D eigenvalue weighted by molar-refractivity contribution is -0.182. The fraction of sp³-hybridized carbons (Fsp3) is 0.848. The van der Waals surface area contributed by atoms with E-state index in [1.807, 2.05) is 20.8 Å². The molecule has 8 rings (SSSR count). The molecule has 4 saturated carbocycles. The van der Waals surface area contributed by atoms with E-state index in [0.29, 0.717) is 77.5 Å². The van der Waals surface area contributed by atoms with Crippen LogP contribution in [0, 0.1) is 41.4 Å². The molecule has 5 unspecified atom stereocenters. The van der Waals surface area contributed by atoms with Gasteiger partial charge in [0.05, 0.1) is 31.5 Å². The normalized spacial score (nSPS) is 31.4. The molecule has 4 aliphatic carbocycles. The van der Waals surface area contributed by atoms with Crippen LogP contribution in [0.4, 0.5) is 13.2 Å². The van der Waals surface area contributed by atoms with E-state index in [9.17, 15) is 32.3 Å². The van der Waals surface area contributed by atoms with Crippen molar-refractivity contribution < 1.29 is 75.4 Å². The number of nitrogens with zero attached hydrogens (tertiary/aromatic N) is 9. The Bertz CT molecular complexity index is 3170. The van der Waals surface area contributed by atoms with Crippen LogP contribution in [0.2, 0.25) is 0 Å². The van der Waals surface area contributed by atoms with Crippen LogP contribution in [0.15, 0.2) is 0 Å². The van der Waals surface area contributed by atoms with Crippen LogP contribution in [-0.2, 0) is 62.3 Å². The summed E-state index contributed by atoms with van der Waals surface area (Å²) in [5.74, 6) is -10.9. The number of carbonyl (C=O) groups is 12. The lowest BCUT2D eigenvalue weighted by Crippen LogP contribution is -2.66. The number of piperidine rings is 2. The molecule has 616 valence electrons. The van der Waals surface area contributed by atoms with E-state index in [1.165, 1.54) is 81.5 Å². The first-order valence-corrected chi connectivity index (χ1v) is 41.3. The molecule has 8 aliphatic rings. The van der Waals surface area contributed by atoms with Gasteiger partial charge in [0.2, 0.25) is 70.9 Å². The molecule has 4 aliphatic heterocycles. The molecule has 8 fully saturated rings. The maximum absolute atomic E-state index is 16.1. The lowest BCUT2D eigenvalue weighted by atomic mass is 9.78. The Hall–Kier alpha value is -6.36. The SMILES string of the molecule is CC[C@H](C)[C@@H]1NC(=O)[C@H](CC(C)C)N(C)C(=O)C[C@@H](C(=O)N2CCCCC2)N(C)C(=O)[C@H](C2CCCCC2)N(C)C(=O)C2(CCCC2)NC(=O)[C@H](CC2CNCC(OC)C2)N(C)C(=O)[C@H](CCC2CCC(C(F)(F)F)C(Cl)C2)NC(=O)CN(C)C(=O)[C@H](CC2CCCCC2)N(C)C(=O)[C@@H]2CCN2C(=O)CN(C)C1=O. The maximum Gasteiger partial charge on any atom is 0.393 e. The van der Waals surface area contributed by atoms with E-state index >= 15 is 38.4 Å². The quantitative estimate of drug-likeness (QED) is 0.136.